The quantitative estimate of drug-likeness (QED) is 0.661. The Morgan fingerprint density at radius 2 is 1.88 bits per heavy atom. The van der Waals surface area contributed by atoms with Crippen LogP contribution in [-0.2, 0) is 11.2 Å². The van der Waals surface area contributed by atoms with Crippen LogP contribution in [0.4, 0.5) is 0 Å². The highest BCUT2D eigenvalue weighted by Gasteiger charge is 2.24. The average Bonchev–Trinajstić information content (AvgIpc) is 3.34. The zero-order valence-electron chi connectivity index (χ0n) is 13.9. The summed E-state index contributed by atoms with van der Waals surface area (Å²) in [5, 5.41) is 5.09. The van der Waals surface area contributed by atoms with Crippen molar-refractivity contribution in [3.63, 3.8) is 0 Å². The summed E-state index contributed by atoms with van der Waals surface area (Å²) in [4.78, 5) is 20.4. The SMILES string of the molecule is O=C(Cc1csc(-c2cccs2)n1)N1CCC(c2ccccc2)CC1. The third-order valence-electron chi connectivity index (χ3n) is 4.73. The molecule has 2 aromatic heterocycles. The second-order valence-electron chi connectivity index (χ2n) is 6.36. The second-order valence-corrected chi connectivity index (χ2v) is 8.17. The van der Waals surface area contributed by atoms with E-state index in [4.69, 9.17) is 0 Å². The van der Waals surface area contributed by atoms with Crippen molar-refractivity contribution in [3.8, 4) is 9.88 Å². The summed E-state index contributed by atoms with van der Waals surface area (Å²) < 4.78 is 0. The van der Waals surface area contributed by atoms with Crippen LogP contribution in [0.25, 0.3) is 9.88 Å². The number of nitrogens with zero attached hydrogens (tertiary/aromatic N) is 2. The number of benzene rings is 1. The zero-order valence-corrected chi connectivity index (χ0v) is 15.6. The van der Waals surface area contributed by atoms with Gasteiger partial charge < -0.3 is 4.90 Å². The van der Waals surface area contributed by atoms with Crippen molar-refractivity contribution in [1.82, 2.24) is 9.88 Å². The lowest BCUT2D eigenvalue weighted by molar-refractivity contribution is -0.131. The van der Waals surface area contributed by atoms with Crippen molar-refractivity contribution in [2.45, 2.75) is 25.2 Å². The van der Waals surface area contributed by atoms with Crippen LogP contribution in [0.3, 0.4) is 0 Å². The second kappa shape index (κ2) is 7.50. The summed E-state index contributed by atoms with van der Waals surface area (Å²) in [5.41, 5.74) is 2.29. The molecule has 1 aliphatic heterocycles. The summed E-state index contributed by atoms with van der Waals surface area (Å²) >= 11 is 3.31. The maximum Gasteiger partial charge on any atom is 0.228 e. The van der Waals surface area contributed by atoms with Crippen molar-refractivity contribution >= 4 is 28.6 Å². The van der Waals surface area contributed by atoms with Crippen LogP contribution in [0.5, 0.6) is 0 Å². The van der Waals surface area contributed by atoms with E-state index in [0.29, 0.717) is 12.3 Å². The Bertz CT molecular complexity index is 819. The van der Waals surface area contributed by atoms with Gasteiger partial charge in [-0.05, 0) is 35.8 Å². The molecule has 1 amide bonds. The number of hydrogen-bond acceptors (Lipinski definition) is 4. The van der Waals surface area contributed by atoms with Gasteiger partial charge in [0, 0.05) is 18.5 Å². The number of carbonyl (C=O) groups is 1. The highest BCUT2D eigenvalue weighted by Crippen LogP contribution is 2.29. The summed E-state index contributed by atoms with van der Waals surface area (Å²) in [6, 6.07) is 14.8. The summed E-state index contributed by atoms with van der Waals surface area (Å²) in [7, 11) is 0. The molecule has 1 aliphatic rings. The predicted octanol–water partition coefficient (Wildman–Crippen LogP) is 4.82. The lowest BCUT2D eigenvalue weighted by Crippen LogP contribution is -2.38. The van der Waals surface area contributed by atoms with Crippen LogP contribution in [0.1, 0.15) is 30.0 Å². The number of amides is 1. The minimum absolute atomic E-state index is 0.203. The normalized spacial score (nSPS) is 15.4. The van der Waals surface area contributed by atoms with Gasteiger partial charge in [0.15, 0.2) is 0 Å². The molecule has 25 heavy (non-hydrogen) atoms. The van der Waals surface area contributed by atoms with Crippen LogP contribution < -0.4 is 0 Å². The maximum atomic E-state index is 12.6. The van der Waals surface area contributed by atoms with E-state index in [1.54, 1.807) is 22.7 Å². The molecule has 0 saturated carbocycles. The van der Waals surface area contributed by atoms with Gasteiger partial charge in [-0.3, -0.25) is 4.79 Å². The molecular formula is C20H20N2OS2. The van der Waals surface area contributed by atoms with Crippen LogP contribution >= 0.6 is 22.7 Å². The molecule has 0 unspecified atom stereocenters. The molecule has 0 bridgehead atoms. The Labute approximate surface area is 156 Å². The molecular weight excluding hydrogens is 348 g/mol. The number of carbonyl (C=O) groups excluding carboxylic acids is 1. The standard InChI is InChI=1S/C20H20N2OS2/c23-19(13-17-14-25-20(21-17)18-7-4-12-24-18)22-10-8-16(9-11-22)15-5-2-1-3-6-15/h1-7,12,14,16H,8-11,13H2. The van der Waals surface area contributed by atoms with Gasteiger partial charge >= 0.3 is 0 Å². The summed E-state index contributed by atoms with van der Waals surface area (Å²) in [6.45, 7) is 1.70. The van der Waals surface area contributed by atoms with Gasteiger partial charge in [0.1, 0.15) is 5.01 Å². The lowest BCUT2D eigenvalue weighted by Gasteiger charge is -2.32. The van der Waals surface area contributed by atoms with Gasteiger partial charge in [0.2, 0.25) is 5.91 Å². The van der Waals surface area contributed by atoms with Crippen LogP contribution in [0, 0.1) is 0 Å². The molecule has 0 aliphatic carbocycles. The van der Waals surface area contributed by atoms with E-state index in [2.05, 4.69) is 46.8 Å². The van der Waals surface area contributed by atoms with E-state index < -0.39 is 0 Å². The number of hydrogen-bond donors (Lipinski definition) is 0. The lowest BCUT2D eigenvalue weighted by atomic mass is 9.89. The van der Waals surface area contributed by atoms with E-state index in [1.807, 2.05) is 16.3 Å². The van der Waals surface area contributed by atoms with E-state index in [9.17, 15) is 4.79 Å². The molecule has 0 atom stereocenters. The van der Waals surface area contributed by atoms with Gasteiger partial charge in [0.25, 0.3) is 0 Å². The number of thiophene rings is 1. The molecule has 3 heterocycles. The van der Waals surface area contributed by atoms with Gasteiger partial charge in [-0.15, -0.1) is 22.7 Å². The summed E-state index contributed by atoms with van der Waals surface area (Å²) in [5.74, 6) is 0.782. The Balaban J connectivity index is 1.34. The molecule has 3 aromatic rings. The zero-order chi connectivity index (χ0) is 17.1. The van der Waals surface area contributed by atoms with Gasteiger partial charge in [-0.1, -0.05) is 36.4 Å². The van der Waals surface area contributed by atoms with Crippen molar-refractivity contribution < 1.29 is 4.79 Å². The first kappa shape index (κ1) is 16.5. The molecule has 0 radical (unpaired) electrons. The van der Waals surface area contributed by atoms with Gasteiger partial charge in [0.05, 0.1) is 17.0 Å². The Kier molecular flexibility index (Phi) is 4.95. The smallest absolute Gasteiger partial charge is 0.228 e. The van der Waals surface area contributed by atoms with Gasteiger partial charge in [-0.2, -0.15) is 0 Å². The van der Waals surface area contributed by atoms with Crippen molar-refractivity contribution in [2.75, 3.05) is 13.1 Å². The molecule has 1 fully saturated rings. The maximum absolute atomic E-state index is 12.6. The number of thiazole rings is 1. The first-order valence-corrected chi connectivity index (χ1v) is 10.4. The van der Waals surface area contributed by atoms with E-state index in [-0.39, 0.29) is 5.91 Å². The van der Waals surface area contributed by atoms with Crippen molar-refractivity contribution in [2.24, 2.45) is 0 Å². The molecule has 0 N–H and O–H groups in total. The fourth-order valence-corrected chi connectivity index (χ4v) is 4.99. The summed E-state index contributed by atoms with van der Waals surface area (Å²) in [6.07, 6.45) is 2.51. The van der Waals surface area contributed by atoms with Crippen LogP contribution in [0.2, 0.25) is 0 Å². The number of likely N-dealkylation sites (tertiary alicyclic amines) is 1. The van der Waals surface area contributed by atoms with Crippen LogP contribution in [0.15, 0.2) is 53.2 Å². The number of rotatable bonds is 4. The fourth-order valence-electron chi connectivity index (χ4n) is 3.36. The molecule has 0 spiro atoms. The molecule has 1 aromatic carbocycles. The highest BCUT2D eigenvalue weighted by atomic mass is 32.1. The highest BCUT2D eigenvalue weighted by molar-refractivity contribution is 7.20. The first-order valence-electron chi connectivity index (χ1n) is 8.60. The molecule has 128 valence electrons. The minimum atomic E-state index is 0.203. The predicted molar refractivity (Wildman–Crippen MR) is 104 cm³/mol. The molecule has 1 saturated heterocycles. The monoisotopic (exact) mass is 368 g/mol. The largest absolute Gasteiger partial charge is 0.342 e. The van der Waals surface area contributed by atoms with Gasteiger partial charge in [-0.25, -0.2) is 4.98 Å². The molecule has 5 heteroatoms. The van der Waals surface area contributed by atoms with E-state index in [0.717, 1.165) is 36.6 Å². The Hall–Kier alpha value is -1.98. The topological polar surface area (TPSA) is 33.2 Å². The third kappa shape index (κ3) is 3.83. The molecule has 4 rings (SSSR count). The van der Waals surface area contributed by atoms with E-state index >= 15 is 0 Å². The fraction of sp³-hybridized carbons (Fsp3) is 0.300. The first-order chi connectivity index (χ1) is 12.3. The Morgan fingerprint density at radius 1 is 1.08 bits per heavy atom. The third-order valence-corrected chi connectivity index (χ3v) is 6.66. The number of piperidine rings is 1. The van der Waals surface area contributed by atoms with Crippen molar-refractivity contribution in [1.29, 1.82) is 0 Å². The van der Waals surface area contributed by atoms with E-state index in [1.165, 1.54) is 10.4 Å². The molecule has 3 nitrogen and oxygen atoms in total. The number of aromatic nitrogens is 1. The van der Waals surface area contributed by atoms with Crippen molar-refractivity contribution in [3.05, 3.63) is 64.5 Å². The Morgan fingerprint density at radius 3 is 2.60 bits per heavy atom. The average molecular weight is 369 g/mol. The minimum Gasteiger partial charge on any atom is -0.342 e. The van der Waals surface area contributed by atoms with Crippen LogP contribution in [-0.4, -0.2) is 28.9 Å².